The van der Waals surface area contributed by atoms with E-state index in [4.69, 9.17) is 4.74 Å². The topological polar surface area (TPSA) is 70.5 Å². The standard InChI is InChI=1S/C20H31N3O3/c1-2-3-6-13-26-15-17(24)14-22-11-9-16(10-12-22)23-19-8-5-4-7-18(19)21-20(23)25/h4-5,7-8,16-17,24H,2-3,6,9-15H2,1H3,(H,21,25). The first-order valence-electron chi connectivity index (χ1n) is 9.86. The first-order valence-corrected chi connectivity index (χ1v) is 9.86. The van der Waals surface area contributed by atoms with Gasteiger partial charge in [0.05, 0.1) is 23.7 Å². The van der Waals surface area contributed by atoms with E-state index in [0.29, 0.717) is 13.2 Å². The van der Waals surface area contributed by atoms with Crippen LogP contribution in [0.2, 0.25) is 0 Å². The molecule has 2 heterocycles. The molecule has 1 unspecified atom stereocenters. The highest BCUT2D eigenvalue weighted by molar-refractivity contribution is 5.75. The number of hydrogen-bond donors (Lipinski definition) is 2. The molecule has 3 rings (SSSR count). The molecule has 6 heteroatoms. The number of piperidine rings is 1. The van der Waals surface area contributed by atoms with Crippen molar-refractivity contribution in [3.05, 3.63) is 34.7 Å². The summed E-state index contributed by atoms with van der Waals surface area (Å²) in [6.45, 7) is 5.74. The van der Waals surface area contributed by atoms with Crippen LogP contribution in [0.4, 0.5) is 0 Å². The van der Waals surface area contributed by atoms with Gasteiger partial charge in [-0.15, -0.1) is 0 Å². The SMILES string of the molecule is CCCCCOCC(O)CN1CCC(n2c(=O)[nH]c3ccccc32)CC1. The molecule has 1 atom stereocenters. The van der Waals surface area contributed by atoms with Crippen LogP contribution < -0.4 is 5.69 Å². The molecule has 2 N–H and O–H groups in total. The molecule has 0 radical (unpaired) electrons. The average Bonchev–Trinajstić information content (AvgIpc) is 2.98. The highest BCUT2D eigenvalue weighted by Crippen LogP contribution is 2.24. The normalized spacial score (nSPS) is 17.8. The van der Waals surface area contributed by atoms with Crippen molar-refractivity contribution in [1.29, 1.82) is 0 Å². The number of aliphatic hydroxyl groups excluding tert-OH is 1. The molecule has 26 heavy (non-hydrogen) atoms. The third-order valence-corrected chi connectivity index (χ3v) is 5.22. The molecule has 1 aliphatic heterocycles. The van der Waals surface area contributed by atoms with E-state index >= 15 is 0 Å². The van der Waals surface area contributed by atoms with Gasteiger partial charge in [-0.3, -0.25) is 4.57 Å². The first kappa shape index (κ1) is 19.1. The van der Waals surface area contributed by atoms with Crippen molar-refractivity contribution in [2.45, 2.75) is 51.2 Å². The molecule has 1 aliphatic rings. The molecule has 2 aromatic rings. The van der Waals surface area contributed by atoms with E-state index in [0.717, 1.165) is 50.0 Å². The van der Waals surface area contributed by atoms with E-state index in [2.05, 4.69) is 16.8 Å². The van der Waals surface area contributed by atoms with Crippen molar-refractivity contribution in [3.63, 3.8) is 0 Å². The van der Waals surface area contributed by atoms with Gasteiger partial charge in [-0.2, -0.15) is 0 Å². The van der Waals surface area contributed by atoms with Crippen LogP contribution in [0.25, 0.3) is 11.0 Å². The van der Waals surface area contributed by atoms with E-state index < -0.39 is 6.10 Å². The number of aromatic nitrogens is 2. The predicted molar refractivity (Wildman–Crippen MR) is 104 cm³/mol. The van der Waals surface area contributed by atoms with Crippen molar-refractivity contribution in [2.75, 3.05) is 32.8 Å². The smallest absolute Gasteiger partial charge is 0.326 e. The Bertz CT molecular complexity index is 731. The molecule has 144 valence electrons. The minimum Gasteiger partial charge on any atom is -0.389 e. The van der Waals surface area contributed by atoms with Crippen LogP contribution in [0.5, 0.6) is 0 Å². The van der Waals surface area contributed by atoms with E-state index in [1.54, 1.807) is 0 Å². The summed E-state index contributed by atoms with van der Waals surface area (Å²) in [4.78, 5) is 17.5. The van der Waals surface area contributed by atoms with Crippen molar-refractivity contribution in [3.8, 4) is 0 Å². The molecule has 1 aromatic carbocycles. The van der Waals surface area contributed by atoms with Crippen LogP contribution in [-0.2, 0) is 4.74 Å². The number of fused-ring (bicyclic) bond motifs is 1. The highest BCUT2D eigenvalue weighted by atomic mass is 16.5. The van der Waals surface area contributed by atoms with Gasteiger partial charge >= 0.3 is 5.69 Å². The van der Waals surface area contributed by atoms with Gasteiger partial charge in [0, 0.05) is 32.3 Å². The number of hydrogen-bond acceptors (Lipinski definition) is 4. The number of para-hydroxylation sites is 2. The Hall–Kier alpha value is -1.63. The molecule has 1 aromatic heterocycles. The van der Waals surface area contributed by atoms with E-state index in [9.17, 15) is 9.90 Å². The zero-order valence-corrected chi connectivity index (χ0v) is 15.7. The largest absolute Gasteiger partial charge is 0.389 e. The van der Waals surface area contributed by atoms with Crippen LogP contribution in [0.15, 0.2) is 29.1 Å². The third-order valence-electron chi connectivity index (χ3n) is 5.22. The number of aliphatic hydroxyl groups is 1. The lowest BCUT2D eigenvalue weighted by Crippen LogP contribution is -2.41. The Labute approximate surface area is 154 Å². The number of unbranched alkanes of at least 4 members (excludes halogenated alkanes) is 2. The van der Waals surface area contributed by atoms with E-state index in [1.807, 2.05) is 28.8 Å². The minimum atomic E-state index is -0.441. The summed E-state index contributed by atoms with van der Waals surface area (Å²) in [5.74, 6) is 0. The summed E-state index contributed by atoms with van der Waals surface area (Å²) < 4.78 is 7.46. The zero-order chi connectivity index (χ0) is 18.4. The lowest BCUT2D eigenvalue weighted by Gasteiger charge is -2.33. The Morgan fingerprint density at radius 2 is 2.04 bits per heavy atom. The fraction of sp³-hybridized carbons (Fsp3) is 0.650. The highest BCUT2D eigenvalue weighted by Gasteiger charge is 2.24. The lowest BCUT2D eigenvalue weighted by atomic mass is 10.0. The maximum Gasteiger partial charge on any atom is 0.326 e. The quantitative estimate of drug-likeness (QED) is 0.674. The molecule has 0 spiro atoms. The van der Waals surface area contributed by atoms with Gasteiger partial charge in [-0.1, -0.05) is 31.9 Å². The molecule has 1 saturated heterocycles. The summed E-state index contributed by atoms with van der Waals surface area (Å²) in [5.41, 5.74) is 1.86. The van der Waals surface area contributed by atoms with Gasteiger partial charge in [-0.05, 0) is 31.4 Å². The Balaban J connectivity index is 1.47. The number of rotatable bonds is 9. The first-order chi connectivity index (χ1) is 12.7. The third kappa shape index (κ3) is 4.75. The summed E-state index contributed by atoms with van der Waals surface area (Å²) in [5, 5.41) is 10.2. The second-order valence-electron chi connectivity index (χ2n) is 7.28. The molecule has 0 saturated carbocycles. The van der Waals surface area contributed by atoms with Gasteiger partial charge in [0.2, 0.25) is 0 Å². The van der Waals surface area contributed by atoms with Crippen LogP contribution in [0.1, 0.15) is 45.1 Å². The molecule has 0 aliphatic carbocycles. The summed E-state index contributed by atoms with van der Waals surface area (Å²) in [7, 11) is 0. The van der Waals surface area contributed by atoms with Crippen LogP contribution >= 0.6 is 0 Å². The summed E-state index contributed by atoms with van der Waals surface area (Å²) >= 11 is 0. The molecular weight excluding hydrogens is 330 g/mol. The van der Waals surface area contributed by atoms with Crippen LogP contribution in [0.3, 0.4) is 0 Å². The number of H-pyrrole nitrogens is 1. The van der Waals surface area contributed by atoms with Crippen LogP contribution in [0, 0.1) is 0 Å². The molecular formula is C20H31N3O3. The maximum absolute atomic E-state index is 12.3. The van der Waals surface area contributed by atoms with Crippen molar-refractivity contribution >= 4 is 11.0 Å². The molecule has 1 fully saturated rings. The fourth-order valence-electron chi connectivity index (χ4n) is 3.82. The number of nitrogens with one attached hydrogen (secondary N) is 1. The van der Waals surface area contributed by atoms with E-state index in [-0.39, 0.29) is 11.7 Å². The average molecular weight is 361 g/mol. The number of ether oxygens (including phenoxy) is 1. The number of nitrogens with zero attached hydrogens (tertiary/aromatic N) is 2. The van der Waals surface area contributed by atoms with Gasteiger partial charge in [0.1, 0.15) is 0 Å². The second kappa shape index (κ2) is 9.35. The van der Waals surface area contributed by atoms with E-state index in [1.165, 1.54) is 12.8 Å². The summed E-state index contributed by atoms with van der Waals surface area (Å²) in [6, 6.07) is 8.07. The maximum atomic E-state index is 12.3. The molecule has 0 bridgehead atoms. The number of β-amino-alcohol motifs (C(OH)–C–C–N with tert-alkyl or cyclic N) is 1. The second-order valence-corrected chi connectivity index (χ2v) is 7.28. The van der Waals surface area contributed by atoms with Crippen molar-refractivity contribution in [1.82, 2.24) is 14.5 Å². The predicted octanol–water partition coefficient (Wildman–Crippen LogP) is 2.53. The Morgan fingerprint density at radius 3 is 2.81 bits per heavy atom. The van der Waals surface area contributed by atoms with Gasteiger partial charge in [0.15, 0.2) is 0 Å². The Morgan fingerprint density at radius 1 is 1.27 bits per heavy atom. The van der Waals surface area contributed by atoms with Gasteiger partial charge in [0.25, 0.3) is 0 Å². The van der Waals surface area contributed by atoms with Gasteiger partial charge in [-0.25, -0.2) is 4.79 Å². The van der Waals surface area contributed by atoms with Crippen LogP contribution in [-0.4, -0.2) is 58.5 Å². The summed E-state index contributed by atoms with van der Waals surface area (Å²) in [6.07, 6.45) is 4.83. The number of benzene rings is 1. The van der Waals surface area contributed by atoms with Crippen molar-refractivity contribution in [2.24, 2.45) is 0 Å². The zero-order valence-electron chi connectivity index (χ0n) is 15.7. The Kier molecular flexibility index (Phi) is 6.88. The van der Waals surface area contributed by atoms with Gasteiger partial charge < -0.3 is 19.7 Å². The lowest BCUT2D eigenvalue weighted by molar-refractivity contribution is 0.0101. The van der Waals surface area contributed by atoms with Crippen molar-refractivity contribution < 1.29 is 9.84 Å². The number of likely N-dealkylation sites (tertiary alicyclic amines) is 1. The molecule has 0 amide bonds. The monoisotopic (exact) mass is 361 g/mol. The fourth-order valence-corrected chi connectivity index (χ4v) is 3.82. The number of imidazole rings is 1. The number of aromatic amines is 1. The minimum absolute atomic E-state index is 0.0230. The molecule has 6 nitrogen and oxygen atoms in total.